The molecular formula is C20H28N2O4. The Kier molecular flexibility index (Phi) is 5.74. The van der Waals surface area contributed by atoms with Crippen molar-refractivity contribution in [3.8, 4) is 0 Å². The SMILES string of the molecule is CC(=O)N1[C@H](C(=O)OC(C)(C)C)[C@H](C)[C@@H](C)C(=O)N1Cc1ccccc1. The maximum atomic E-state index is 12.9. The normalized spacial score (nSPS) is 23.8. The largest absolute Gasteiger partial charge is 0.458 e. The van der Waals surface area contributed by atoms with Crippen molar-refractivity contribution in [2.45, 2.75) is 59.7 Å². The van der Waals surface area contributed by atoms with Crippen LogP contribution in [0.1, 0.15) is 47.1 Å². The molecule has 6 nitrogen and oxygen atoms in total. The Morgan fingerprint density at radius 2 is 1.69 bits per heavy atom. The topological polar surface area (TPSA) is 66.9 Å². The van der Waals surface area contributed by atoms with Crippen molar-refractivity contribution in [2.24, 2.45) is 11.8 Å². The number of benzene rings is 1. The molecule has 1 fully saturated rings. The van der Waals surface area contributed by atoms with Crippen LogP contribution >= 0.6 is 0 Å². The number of hydrazine groups is 1. The van der Waals surface area contributed by atoms with Gasteiger partial charge in [0.1, 0.15) is 5.60 Å². The van der Waals surface area contributed by atoms with E-state index in [1.165, 1.54) is 16.9 Å². The molecule has 1 aromatic rings. The van der Waals surface area contributed by atoms with Crippen LogP contribution in [0.3, 0.4) is 0 Å². The monoisotopic (exact) mass is 360 g/mol. The van der Waals surface area contributed by atoms with Crippen LogP contribution in [0.25, 0.3) is 0 Å². The van der Waals surface area contributed by atoms with Crippen LogP contribution < -0.4 is 0 Å². The molecule has 26 heavy (non-hydrogen) atoms. The minimum absolute atomic E-state index is 0.170. The van der Waals surface area contributed by atoms with E-state index in [0.717, 1.165) is 5.56 Å². The molecule has 0 unspecified atom stereocenters. The molecule has 0 aromatic heterocycles. The Hall–Kier alpha value is -2.37. The number of ether oxygens (including phenoxy) is 1. The molecule has 0 aliphatic carbocycles. The molecule has 142 valence electrons. The summed E-state index contributed by atoms with van der Waals surface area (Å²) in [5, 5.41) is 2.66. The second-order valence-corrected chi connectivity index (χ2v) is 7.87. The second kappa shape index (κ2) is 7.48. The molecule has 3 atom stereocenters. The first-order chi connectivity index (χ1) is 12.0. The molecule has 1 aliphatic rings. The van der Waals surface area contributed by atoms with E-state index in [1.54, 1.807) is 27.7 Å². The fourth-order valence-corrected chi connectivity index (χ4v) is 3.17. The number of hydrogen-bond donors (Lipinski definition) is 0. The maximum absolute atomic E-state index is 12.9. The Morgan fingerprint density at radius 3 is 2.19 bits per heavy atom. The number of hydrogen-bond acceptors (Lipinski definition) is 4. The standard InChI is InChI=1S/C20H28N2O4/c1-13-14(2)18(24)21(12-16-10-8-7-9-11-16)22(15(3)23)17(13)19(25)26-20(4,5)6/h7-11,13-14,17H,12H2,1-6H3/t13-,14-,17+/m1/s1. The third kappa shape index (κ3) is 4.23. The van der Waals surface area contributed by atoms with Gasteiger partial charge < -0.3 is 4.74 Å². The van der Waals surface area contributed by atoms with Crippen molar-refractivity contribution in [3.05, 3.63) is 35.9 Å². The first-order valence-corrected chi connectivity index (χ1v) is 8.91. The molecule has 2 amide bonds. The third-order valence-corrected chi connectivity index (χ3v) is 4.60. The molecule has 1 aliphatic heterocycles. The summed E-state index contributed by atoms with van der Waals surface area (Å²) < 4.78 is 5.54. The van der Waals surface area contributed by atoms with Crippen LogP contribution in [0, 0.1) is 11.8 Å². The van der Waals surface area contributed by atoms with E-state index in [-0.39, 0.29) is 24.3 Å². The lowest BCUT2D eigenvalue weighted by Crippen LogP contribution is -2.65. The molecule has 0 bridgehead atoms. The molecule has 0 N–H and O–H groups in total. The first-order valence-electron chi connectivity index (χ1n) is 8.91. The summed E-state index contributed by atoms with van der Waals surface area (Å²) in [5.41, 5.74) is 0.214. The quantitative estimate of drug-likeness (QED) is 0.778. The van der Waals surface area contributed by atoms with Crippen LogP contribution in [-0.2, 0) is 25.7 Å². The molecule has 1 aromatic carbocycles. The highest BCUT2D eigenvalue weighted by atomic mass is 16.6. The second-order valence-electron chi connectivity index (χ2n) is 7.87. The Balaban J connectivity index is 2.41. The summed E-state index contributed by atoms with van der Waals surface area (Å²) in [6.07, 6.45) is 0. The molecule has 1 saturated heterocycles. The summed E-state index contributed by atoms with van der Waals surface area (Å²) in [5.74, 6) is -1.75. The zero-order valence-corrected chi connectivity index (χ0v) is 16.4. The molecule has 0 saturated carbocycles. The van der Waals surface area contributed by atoms with Crippen molar-refractivity contribution in [3.63, 3.8) is 0 Å². The van der Waals surface area contributed by atoms with Crippen molar-refractivity contribution >= 4 is 17.8 Å². The molecule has 0 radical (unpaired) electrons. The minimum Gasteiger partial charge on any atom is -0.458 e. The van der Waals surface area contributed by atoms with Crippen LogP contribution in [0.2, 0.25) is 0 Å². The predicted octanol–water partition coefficient (Wildman–Crippen LogP) is 2.77. The zero-order chi connectivity index (χ0) is 19.6. The van der Waals surface area contributed by atoms with Gasteiger partial charge in [0, 0.05) is 18.8 Å². The fraction of sp³-hybridized carbons (Fsp3) is 0.550. The average Bonchev–Trinajstić information content (AvgIpc) is 2.54. The van der Waals surface area contributed by atoms with Gasteiger partial charge in [-0.05, 0) is 26.3 Å². The van der Waals surface area contributed by atoms with E-state index in [2.05, 4.69) is 0 Å². The van der Waals surface area contributed by atoms with Gasteiger partial charge in [-0.25, -0.2) is 14.8 Å². The predicted molar refractivity (Wildman–Crippen MR) is 97.5 cm³/mol. The Morgan fingerprint density at radius 1 is 1.12 bits per heavy atom. The van der Waals surface area contributed by atoms with Crippen LogP contribution in [0.15, 0.2) is 30.3 Å². The van der Waals surface area contributed by atoms with Gasteiger partial charge in [0.2, 0.25) is 11.8 Å². The highest BCUT2D eigenvalue weighted by Gasteiger charge is 2.49. The van der Waals surface area contributed by atoms with Crippen LogP contribution in [0.5, 0.6) is 0 Å². The summed E-state index contributed by atoms with van der Waals surface area (Å²) in [7, 11) is 0. The smallest absolute Gasteiger partial charge is 0.331 e. The van der Waals surface area contributed by atoms with E-state index in [0.29, 0.717) is 0 Å². The number of nitrogens with zero attached hydrogens (tertiary/aromatic N) is 2. The average molecular weight is 360 g/mol. The fourth-order valence-electron chi connectivity index (χ4n) is 3.17. The van der Waals surface area contributed by atoms with Gasteiger partial charge in [-0.3, -0.25) is 9.59 Å². The van der Waals surface area contributed by atoms with Crippen molar-refractivity contribution in [2.75, 3.05) is 0 Å². The minimum atomic E-state index is -0.830. The lowest BCUT2D eigenvalue weighted by molar-refractivity contribution is -0.200. The van der Waals surface area contributed by atoms with Crippen molar-refractivity contribution in [1.82, 2.24) is 10.0 Å². The lowest BCUT2D eigenvalue weighted by atomic mass is 9.85. The maximum Gasteiger partial charge on any atom is 0.331 e. The van der Waals surface area contributed by atoms with Crippen molar-refractivity contribution < 1.29 is 19.1 Å². The molecule has 2 rings (SSSR count). The van der Waals surface area contributed by atoms with Crippen molar-refractivity contribution in [1.29, 1.82) is 0 Å². The van der Waals surface area contributed by atoms with E-state index in [9.17, 15) is 14.4 Å². The number of carbonyl (C=O) groups excluding carboxylic acids is 3. The third-order valence-electron chi connectivity index (χ3n) is 4.60. The highest BCUT2D eigenvalue weighted by Crippen LogP contribution is 2.32. The first kappa shape index (κ1) is 19.9. The molecule has 0 spiro atoms. The number of rotatable bonds is 3. The van der Waals surface area contributed by atoms with E-state index >= 15 is 0 Å². The number of carbonyl (C=O) groups is 3. The van der Waals surface area contributed by atoms with Gasteiger partial charge in [-0.2, -0.15) is 0 Å². The Bertz CT molecular complexity index is 681. The van der Waals surface area contributed by atoms with E-state index < -0.39 is 23.5 Å². The Labute approximate surface area is 155 Å². The summed E-state index contributed by atoms with van der Waals surface area (Å²) in [4.78, 5) is 38.1. The summed E-state index contributed by atoms with van der Waals surface area (Å²) >= 11 is 0. The van der Waals surface area contributed by atoms with Gasteiger partial charge >= 0.3 is 5.97 Å². The van der Waals surface area contributed by atoms with Gasteiger partial charge in [-0.1, -0.05) is 44.2 Å². The molecular weight excluding hydrogens is 332 g/mol. The van der Waals surface area contributed by atoms with E-state index in [4.69, 9.17) is 4.74 Å². The van der Waals surface area contributed by atoms with Gasteiger partial charge in [0.05, 0.1) is 6.54 Å². The highest BCUT2D eigenvalue weighted by molar-refractivity contribution is 5.90. The van der Waals surface area contributed by atoms with Gasteiger partial charge in [0.25, 0.3) is 0 Å². The summed E-state index contributed by atoms with van der Waals surface area (Å²) in [6.45, 7) is 10.6. The van der Waals surface area contributed by atoms with Crippen LogP contribution in [0.4, 0.5) is 0 Å². The lowest BCUT2D eigenvalue weighted by Gasteiger charge is -2.48. The molecule has 6 heteroatoms. The van der Waals surface area contributed by atoms with Gasteiger partial charge in [0.15, 0.2) is 6.04 Å². The summed E-state index contributed by atoms with van der Waals surface area (Å²) in [6, 6.07) is 8.58. The van der Waals surface area contributed by atoms with Gasteiger partial charge in [-0.15, -0.1) is 0 Å². The number of amides is 2. The number of esters is 1. The van der Waals surface area contributed by atoms with E-state index in [1.807, 2.05) is 37.3 Å². The zero-order valence-electron chi connectivity index (χ0n) is 16.4. The molecule has 1 heterocycles. The van der Waals surface area contributed by atoms with Crippen LogP contribution in [-0.4, -0.2) is 39.4 Å².